The van der Waals surface area contributed by atoms with E-state index in [-0.39, 0.29) is 42.8 Å². The molecule has 1 aromatic heterocycles. The van der Waals surface area contributed by atoms with Gasteiger partial charge < -0.3 is 20.3 Å². The normalized spacial score (nSPS) is 11.1. The monoisotopic (exact) mass is 446 g/mol. The molecule has 0 bridgehead atoms. The zero-order valence-corrected chi connectivity index (χ0v) is 19.5. The Morgan fingerprint density at radius 1 is 1.13 bits per heavy atom. The number of hydrogen-bond acceptors (Lipinski definition) is 6. The van der Waals surface area contributed by atoms with Crippen LogP contribution in [0.3, 0.4) is 0 Å². The third-order valence-electron chi connectivity index (χ3n) is 4.14. The summed E-state index contributed by atoms with van der Waals surface area (Å²) >= 11 is 1.24. The largest absolute Gasteiger partial charge is 0.383 e. The van der Waals surface area contributed by atoms with E-state index < -0.39 is 0 Å². The number of amides is 3. The molecule has 8 nitrogen and oxygen atoms in total. The van der Waals surface area contributed by atoms with Crippen LogP contribution in [0.15, 0.2) is 29.6 Å². The average Bonchev–Trinajstić information content (AvgIpc) is 3.10. The number of thiazole rings is 1. The van der Waals surface area contributed by atoms with Crippen LogP contribution in [0.2, 0.25) is 0 Å². The topological polar surface area (TPSA) is 101 Å². The van der Waals surface area contributed by atoms with Gasteiger partial charge in [0.1, 0.15) is 6.54 Å². The molecule has 1 heterocycles. The third kappa shape index (κ3) is 8.47. The minimum Gasteiger partial charge on any atom is -0.383 e. The molecular formula is C22H30N4O4S. The van der Waals surface area contributed by atoms with Crippen molar-refractivity contribution in [3.05, 3.63) is 46.5 Å². The van der Waals surface area contributed by atoms with E-state index in [1.54, 1.807) is 24.6 Å². The van der Waals surface area contributed by atoms with Gasteiger partial charge in [0.05, 0.1) is 18.7 Å². The first kappa shape index (κ1) is 24.5. The molecule has 0 aliphatic rings. The van der Waals surface area contributed by atoms with Gasteiger partial charge in [0.2, 0.25) is 11.8 Å². The minimum absolute atomic E-state index is 0.129. The van der Waals surface area contributed by atoms with Crippen LogP contribution >= 0.6 is 11.3 Å². The van der Waals surface area contributed by atoms with Crippen LogP contribution in [-0.2, 0) is 20.7 Å². The number of rotatable bonds is 9. The van der Waals surface area contributed by atoms with E-state index in [1.807, 2.05) is 39.8 Å². The number of nitrogens with one attached hydrogen (secondary N) is 2. The summed E-state index contributed by atoms with van der Waals surface area (Å²) in [5.74, 6) is -0.743. The molecule has 0 aliphatic carbocycles. The standard InChI is InChI=1S/C22H30N4O4S/c1-15-6-8-16(9-7-15)20(29)26(10-11-30-5)13-19(28)24-21-23-17(14-31-21)12-18(27)25-22(2,3)4/h6-9,14H,10-13H2,1-5H3,(H,25,27)(H,23,24,28). The first-order valence-electron chi connectivity index (χ1n) is 9.97. The van der Waals surface area contributed by atoms with E-state index >= 15 is 0 Å². The molecule has 168 valence electrons. The fraction of sp³-hybridized carbons (Fsp3) is 0.455. The number of carbonyl (C=O) groups is 3. The van der Waals surface area contributed by atoms with Crippen LogP contribution < -0.4 is 10.6 Å². The number of anilines is 1. The van der Waals surface area contributed by atoms with Gasteiger partial charge in [0, 0.05) is 30.1 Å². The highest BCUT2D eigenvalue weighted by Gasteiger charge is 2.20. The quantitative estimate of drug-likeness (QED) is 0.617. The number of ether oxygens (including phenoxy) is 1. The van der Waals surface area contributed by atoms with E-state index in [1.165, 1.54) is 16.2 Å². The zero-order valence-electron chi connectivity index (χ0n) is 18.7. The van der Waals surface area contributed by atoms with Crippen molar-refractivity contribution in [3.63, 3.8) is 0 Å². The van der Waals surface area contributed by atoms with Gasteiger partial charge in [0.15, 0.2) is 5.13 Å². The molecule has 0 saturated heterocycles. The number of methoxy groups -OCH3 is 1. The Kier molecular flexibility index (Phi) is 8.70. The molecule has 0 fully saturated rings. The summed E-state index contributed by atoms with van der Waals surface area (Å²) in [7, 11) is 1.54. The molecule has 1 aromatic carbocycles. The van der Waals surface area contributed by atoms with Gasteiger partial charge in [-0.2, -0.15) is 0 Å². The number of carbonyl (C=O) groups excluding carboxylic acids is 3. The Bertz CT molecular complexity index is 903. The Hall–Kier alpha value is -2.78. The Balaban J connectivity index is 1.98. The molecule has 0 spiro atoms. The maximum absolute atomic E-state index is 12.8. The van der Waals surface area contributed by atoms with Crippen molar-refractivity contribution >= 4 is 34.2 Å². The molecule has 31 heavy (non-hydrogen) atoms. The van der Waals surface area contributed by atoms with Crippen molar-refractivity contribution in [2.24, 2.45) is 0 Å². The molecule has 0 aliphatic heterocycles. The average molecular weight is 447 g/mol. The number of hydrogen-bond donors (Lipinski definition) is 2. The molecule has 2 N–H and O–H groups in total. The highest BCUT2D eigenvalue weighted by atomic mass is 32.1. The lowest BCUT2D eigenvalue weighted by atomic mass is 10.1. The highest BCUT2D eigenvalue weighted by Crippen LogP contribution is 2.16. The SMILES string of the molecule is COCCN(CC(=O)Nc1nc(CC(=O)NC(C)(C)C)cs1)C(=O)c1ccc(C)cc1. The van der Waals surface area contributed by atoms with Crippen molar-refractivity contribution in [2.45, 2.75) is 39.7 Å². The molecule has 0 radical (unpaired) electrons. The molecule has 2 rings (SSSR count). The van der Waals surface area contributed by atoms with Crippen molar-refractivity contribution in [2.75, 3.05) is 32.1 Å². The predicted molar refractivity (Wildman–Crippen MR) is 121 cm³/mol. The van der Waals surface area contributed by atoms with Crippen LogP contribution in [0.25, 0.3) is 0 Å². The lowest BCUT2D eigenvalue weighted by Gasteiger charge is -2.21. The predicted octanol–water partition coefficient (Wildman–Crippen LogP) is 2.64. The Morgan fingerprint density at radius 2 is 1.81 bits per heavy atom. The molecule has 9 heteroatoms. The van der Waals surface area contributed by atoms with Crippen molar-refractivity contribution < 1.29 is 19.1 Å². The fourth-order valence-corrected chi connectivity index (χ4v) is 3.46. The number of benzene rings is 1. The fourth-order valence-electron chi connectivity index (χ4n) is 2.74. The van der Waals surface area contributed by atoms with Crippen LogP contribution in [0.5, 0.6) is 0 Å². The summed E-state index contributed by atoms with van der Waals surface area (Å²) in [6, 6.07) is 7.19. The van der Waals surface area contributed by atoms with Gasteiger partial charge in [-0.3, -0.25) is 14.4 Å². The van der Waals surface area contributed by atoms with E-state index in [9.17, 15) is 14.4 Å². The van der Waals surface area contributed by atoms with Gasteiger partial charge in [-0.05, 0) is 39.8 Å². The smallest absolute Gasteiger partial charge is 0.254 e. The first-order chi connectivity index (χ1) is 14.6. The van der Waals surface area contributed by atoms with E-state index in [0.717, 1.165) is 5.56 Å². The second-order valence-corrected chi connectivity index (χ2v) is 9.11. The summed E-state index contributed by atoms with van der Waals surface area (Å²) in [5, 5.41) is 7.71. The van der Waals surface area contributed by atoms with Crippen LogP contribution in [-0.4, -0.2) is 60.0 Å². The van der Waals surface area contributed by atoms with Gasteiger partial charge >= 0.3 is 0 Å². The van der Waals surface area contributed by atoms with Gasteiger partial charge in [0.25, 0.3) is 5.91 Å². The zero-order chi connectivity index (χ0) is 23.0. The maximum atomic E-state index is 12.8. The highest BCUT2D eigenvalue weighted by molar-refractivity contribution is 7.13. The van der Waals surface area contributed by atoms with Gasteiger partial charge in [-0.1, -0.05) is 17.7 Å². The summed E-state index contributed by atoms with van der Waals surface area (Å²) in [4.78, 5) is 43.1. The second-order valence-electron chi connectivity index (χ2n) is 8.25. The van der Waals surface area contributed by atoms with Crippen LogP contribution in [0, 0.1) is 6.92 Å². The molecule has 0 saturated carbocycles. The third-order valence-corrected chi connectivity index (χ3v) is 4.95. The molecule has 0 unspecified atom stereocenters. The van der Waals surface area contributed by atoms with Gasteiger partial charge in [-0.25, -0.2) is 4.98 Å². The number of aromatic nitrogens is 1. The second kappa shape index (κ2) is 11.0. The van der Waals surface area contributed by atoms with E-state index in [4.69, 9.17) is 4.74 Å². The molecule has 2 aromatic rings. The van der Waals surface area contributed by atoms with E-state index in [2.05, 4.69) is 15.6 Å². The van der Waals surface area contributed by atoms with Crippen molar-refractivity contribution in [1.29, 1.82) is 0 Å². The summed E-state index contributed by atoms with van der Waals surface area (Å²) < 4.78 is 5.08. The number of nitrogens with zero attached hydrogens (tertiary/aromatic N) is 2. The van der Waals surface area contributed by atoms with Crippen molar-refractivity contribution in [1.82, 2.24) is 15.2 Å². The van der Waals surface area contributed by atoms with Crippen LogP contribution in [0.4, 0.5) is 5.13 Å². The Morgan fingerprint density at radius 3 is 2.42 bits per heavy atom. The Labute approximate surface area is 187 Å². The first-order valence-corrected chi connectivity index (χ1v) is 10.9. The summed E-state index contributed by atoms with van der Waals surface area (Å²) in [5.41, 5.74) is 1.82. The minimum atomic E-state index is -0.364. The summed E-state index contributed by atoms with van der Waals surface area (Å²) in [6.45, 7) is 8.14. The molecule has 0 atom stereocenters. The molecule has 3 amide bonds. The lowest BCUT2D eigenvalue weighted by Crippen LogP contribution is -2.41. The van der Waals surface area contributed by atoms with Crippen molar-refractivity contribution in [3.8, 4) is 0 Å². The van der Waals surface area contributed by atoms with E-state index in [0.29, 0.717) is 23.0 Å². The number of aryl methyl sites for hydroxylation is 1. The maximum Gasteiger partial charge on any atom is 0.254 e. The lowest BCUT2D eigenvalue weighted by molar-refractivity contribution is -0.122. The summed E-state index contributed by atoms with van der Waals surface area (Å²) in [6.07, 6.45) is 0.134. The van der Waals surface area contributed by atoms with Crippen LogP contribution in [0.1, 0.15) is 42.4 Å². The van der Waals surface area contributed by atoms with Gasteiger partial charge in [-0.15, -0.1) is 11.3 Å². The molecular weight excluding hydrogens is 416 g/mol.